The molecule has 3 rings (SSSR count). The molecule has 2 aromatic rings. The van der Waals surface area contributed by atoms with E-state index in [4.69, 9.17) is 9.47 Å². The maximum Gasteiger partial charge on any atom is 0.410 e. The van der Waals surface area contributed by atoms with Gasteiger partial charge in [-0.15, -0.1) is 16.4 Å². The summed E-state index contributed by atoms with van der Waals surface area (Å²) in [5.74, 6) is 0.201. The number of nitrogens with zero attached hydrogens (tertiary/aromatic N) is 4. The van der Waals surface area contributed by atoms with Crippen molar-refractivity contribution in [2.24, 2.45) is 0 Å². The number of aromatic amines is 1. The predicted octanol–water partition coefficient (Wildman–Crippen LogP) is 2.59. The third-order valence-corrected chi connectivity index (χ3v) is 5.05. The van der Waals surface area contributed by atoms with Gasteiger partial charge in [-0.05, 0) is 39.8 Å². The average Bonchev–Trinajstić information content (AvgIpc) is 3.20. The summed E-state index contributed by atoms with van der Waals surface area (Å²) in [6.45, 7) is 10.1. The third-order valence-electron chi connectivity index (χ3n) is 3.78. The maximum atomic E-state index is 12.7. The molecule has 1 aliphatic heterocycles. The summed E-state index contributed by atoms with van der Waals surface area (Å²) in [4.78, 5) is 28.3. The van der Waals surface area contributed by atoms with Crippen LogP contribution in [0.3, 0.4) is 0 Å². The van der Waals surface area contributed by atoms with Crippen molar-refractivity contribution in [3.8, 4) is 5.75 Å². The Hall–Kier alpha value is -2.69. The third kappa shape index (κ3) is 4.58. The van der Waals surface area contributed by atoms with Crippen LogP contribution in [0.5, 0.6) is 5.75 Å². The number of fused-ring (bicyclic) bond motifs is 1. The Kier molecular flexibility index (Phi) is 5.54. The Bertz CT molecular complexity index is 856. The van der Waals surface area contributed by atoms with Crippen molar-refractivity contribution in [1.82, 2.24) is 25.5 Å². The van der Waals surface area contributed by atoms with E-state index in [1.165, 1.54) is 11.3 Å². The number of aromatic nitrogens is 4. The molecule has 0 saturated carbocycles. The van der Waals surface area contributed by atoms with Crippen LogP contribution in [0.2, 0.25) is 0 Å². The number of tetrazole rings is 1. The molecule has 11 heteroatoms. The number of nitrogens with one attached hydrogen (secondary N) is 2. The number of hydrogen-bond acceptors (Lipinski definition) is 8. The highest BCUT2D eigenvalue weighted by atomic mass is 32.1. The molecule has 152 valence electrons. The van der Waals surface area contributed by atoms with Crippen molar-refractivity contribution in [3.63, 3.8) is 0 Å². The molecule has 10 nitrogen and oxygen atoms in total. The predicted molar refractivity (Wildman–Crippen MR) is 103 cm³/mol. The second-order valence-corrected chi connectivity index (χ2v) is 8.78. The number of carbonyl (C=O) groups is 2. The number of carbonyl (C=O) groups excluding carboxylic acids is 2. The number of H-pyrrole nitrogens is 1. The van der Waals surface area contributed by atoms with Crippen molar-refractivity contribution in [2.45, 2.75) is 59.3 Å². The Balaban J connectivity index is 1.87. The quantitative estimate of drug-likeness (QED) is 0.797. The van der Waals surface area contributed by atoms with E-state index in [2.05, 4.69) is 25.9 Å². The van der Waals surface area contributed by atoms with Gasteiger partial charge in [-0.1, -0.05) is 5.10 Å². The smallest absolute Gasteiger partial charge is 0.410 e. The van der Waals surface area contributed by atoms with Gasteiger partial charge in [0, 0.05) is 23.4 Å². The van der Waals surface area contributed by atoms with Gasteiger partial charge in [-0.3, -0.25) is 10.1 Å². The minimum absolute atomic E-state index is 0.0854. The normalized spacial score (nSPS) is 14.0. The zero-order valence-electron chi connectivity index (χ0n) is 16.5. The molecule has 2 amide bonds. The van der Waals surface area contributed by atoms with Gasteiger partial charge in [0.2, 0.25) is 0 Å². The van der Waals surface area contributed by atoms with Crippen LogP contribution in [0.1, 0.15) is 54.7 Å². The van der Waals surface area contributed by atoms with Crippen molar-refractivity contribution >= 4 is 29.3 Å². The van der Waals surface area contributed by atoms with Gasteiger partial charge in [0.15, 0.2) is 0 Å². The lowest BCUT2D eigenvalue weighted by atomic mass is 10.1. The number of anilines is 1. The van der Waals surface area contributed by atoms with E-state index in [9.17, 15) is 9.59 Å². The lowest BCUT2D eigenvalue weighted by Crippen LogP contribution is -2.39. The topological polar surface area (TPSA) is 122 Å². The van der Waals surface area contributed by atoms with Crippen LogP contribution in [0.25, 0.3) is 0 Å². The maximum absolute atomic E-state index is 12.7. The molecule has 1 aliphatic rings. The Morgan fingerprint density at radius 3 is 2.68 bits per heavy atom. The first-order chi connectivity index (χ1) is 13.1. The van der Waals surface area contributed by atoms with Crippen molar-refractivity contribution < 1.29 is 19.1 Å². The molecule has 0 radical (unpaired) electrons. The van der Waals surface area contributed by atoms with Gasteiger partial charge in [0.05, 0.1) is 12.6 Å². The molecule has 0 bridgehead atoms. The summed E-state index contributed by atoms with van der Waals surface area (Å²) in [6.07, 6.45) is 0.119. The van der Waals surface area contributed by atoms with Gasteiger partial charge in [0.1, 0.15) is 16.2 Å². The van der Waals surface area contributed by atoms with Crippen LogP contribution in [-0.4, -0.2) is 55.8 Å². The first-order valence-electron chi connectivity index (χ1n) is 8.98. The minimum atomic E-state index is -0.571. The second-order valence-electron chi connectivity index (χ2n) is 7.67. The van der Waals surface area contributed by atoms with Crippen LogP contribution in [0.15, 0.2) is 0 Å². The van der Waals surface area contributed by atoms with Gasteiger partial charge in [-0.25, -0.2) is 4.79 Å². The van der Waals surface area contributed by atoms with Crippen LogP contribution < -0.4 is 10.1 Å². The summed E-state index contributed by atoms with van der Waals surface area (Å²) in [6, 6.07) is 0. The number of rotatable bonds is 4. The second kappa shape index (κ2) is 7.74. The summed E-state index contributed by atoms with van der Waals surface area (Å²) in [5, 5.41) is 15.8. The van der Waals surface area contributed by atoms with E-state index in [-0.39, 0.29) is 24.1 Å². The minimum Gasteiger partial charge on any atom is -0.489 e. The summed E-state index contributed by atoms with van der Waals surface area (Å²) >= 11 is 1.36. The highest BCUT2D eigenvalue weighted by Crippen LogP contribution is 2.40. The van der Waals surface area contributed by atoms with Crippen molar-refractivity contribution in [1.29, 1.82) is 0 Å². The zero-order valence-corrected chi connectivity index (χ0v) is 17.3. The molecule has 0 unspecified atom stereocenters. The Morgan fingerprint density at radius 2 is 2.07 bits per heavy atom. The fourth-order valence-corrected chi connectivity index (χ4v) is 3.86. The van der Waals surface area contributed by atoms with Gasteiger partial charge >= 0.3 is 6.09 Å². The number of hydrogen-bond donors (Lipinski definition) is 2. The van der Waals surface area contributed by atoms with E-state index >= 15 is 0 Å². The van der Waals surface area contributed by atoms with Gasteiger partial charge < -0.3 is 14.4 Å². The molecule has 0 fully saturated rings. The fraction of sp³-hybridized carbons (Fsp3) is 0.588. The van der Waals surface area contributed by atoms with Crippen molar-refractivity contribution in [3.05, 3.63) is 15.3 Å². The molecule has 0 aromatic carbocycles. The Morgan fingerprint density at radius 1 is 1.32 bits per heavy atom. The standard InChI is InChI=1S/C17H24N6O4S/c1-9(2)26-12-10-8-23(16(25)27-17(3,4)5)7-6-11(10)28-13(12)14(24)18-15-19-21-22-20-15/h9H,6-8H2,1-5H3,(H2,18,19,20,21,22,24). The fourth-order valence-electron chi connectivity index (χ4n) is 2.73. The highest BCUT2D eigenvalue weighted by Gasteiger charge is 2.32. The SMILES string of the molecule is CC(C)Oc1c(C(=O)Nc2nn[nH]n2)sc2c1CN(C(=O)OC(C)(C)C)CC2. The molecule has 0 spiro atoms. The van der Waals surface area contributed by atoms with E-state index in [1.54, 1.807) is 4.90 Å². The summed E-state index contributed by atoms with van der Waals surface area (Å²) in [7, 11) is 0. The van der Waals surface area contributed by atoms with Crippen molar-refractivity contribution in [2.75, 3.05) is 11.9 Å². The van der Waals surface area contributed by atoms with Crippen LogP contribution >= 0.6 is 11.3 Å². The molecule has 0 aliphatic carbocycles. The van der Waals surface area contributed by atoms with Crippen LogP contribution in [0.4, 0.5) is 10.7 Å². The number of ether oxygens (including phenoxy) is 2. The first kappa shape index (κ1) is 20.1. The lowest BCUT2D eigenvalue weighted by Gasteiger charge is -2.30. The lowest BCUT2D eigenvalue weighted by molar-refractivity contribution is 0.0223. The van der Waals surface area contributed by atoms with Crippen LogP contribution in [0, 0.1) is 0 Å². The first-order valence-corrected chi connectivity index (χ1v) is 9.79. The summed E-state index contributed by atoms with van der Waals surface area (Å²) in [5.41, 5.74) is 0.271. The molecular weight excluding hydrogens is 384 g/mol. The monoisotopic (exact) mass is 408 g/mol. The molecule has 3 heterocycles. The highest BCUT2D eigenvalue weighted by molar-refractivity contribution is 7.14. The van der Waals surface area contributed by atoms with Gasteiger partial charge in [0.25, 0.3) is 11.9 Å². The zero-order chi connectivity index (χ0) is 20.5. The van der Waals surface area contributed by atoms with E-state index < -0.39 is 5.60 Å². The summed E-state index contributed by atoms with van der Waals surface area (Å²) < 4.78 is 11.4. The largest absolute Gasteiger partial charge is 0.489 e. The molecule has 2 N–H and O–H groups in total. The van der Waals surface area contributed by atoms with Gasteiger partial charge in [-0.2, -0.15) is 5.21 Å². The Labute approximate surface area is 166 Å². The molecular formula is C17H24N6O4S. The van der Waals surface area contributed by atoms with E-state index in [0.717, 1.165) is 10.4 Å². The molecule has 0 saturated heterocycles. The average molecular weight is 408 g/mol. The van der Waals surface area contributed by atoms with Crippen LogP contribution in [-0.2, 0) is 17.7 Å². The van der Waals surface area contributed by atoms with E-state index in [0.29, 0.717) is 30.1 Å². The molecule has 28 heavy (non-hydrogen) atoms. The molecule has 2 aromatic heterocycles. The number of thiophene rings is 1. The number of amides is 2. The molecule has 0 atom stereocenters. The van der Waals surface area contributed by atoms with E-state index in [1.807, 2.05) is 34.6 Å².